The molecule has 0 unspecified atom stereocenters. The first-order valence-corrected chi connectivity index (χ1v) is 16.8. The molecule has 12 nitrogen and oxygen atoms in total. The number of nitrogens with zero attached hydrogens (tertiary/aromatic N) is 7. The Morgan fingerprint density at radius 3 is 2.42 bits per heavy atom. The second kappa shape index (κ2) is 14.3. The highest BCUT2D eigenvalue weighted by atomic mass is 16.6. The molecule has 3 saturated heterocycles. The highest BCUT2D eigenvalue weighted by molar-refractivity contribution is 5.78. The van der Waals surface area contributed by atoms with Gasteiger partial charge in [0.1, 0.15) is 5.60 Å². The zero-order valence-corrected chi connectivity index (χ0v) is 27.9. The average molecular weight is 626 g/mol. The molecule has 0 aromatic carbocycles. The van der Waals surface area contributed by atoms with Gasteiger partial charge in [-0.05, 0) is 64.7 Å². The number of esters is 1. The summed E-state index contributed by atoms with van der Waals surface area (Å²) in [7, 11) is 0. The van der Waals surface area contributed by atoms with E-state index in [1.165, 1.54) is 0 Å². The molecular formula is C33H51N7O5. The van der Waals surface area contributed by atoms with Crippen LogP contribution in [0.2, 0.25) is 0 Å². The number of rotatable bonds is 11. The third kappa shape index (κ3) is 8.64. The molecule has 3 aliphatic heterocycles. The van der Waals surface area contributed by atoms with E-state index in [0.717, 1.165) is 63.3 Å². The lowest BCUT2D eigenvalue weighted by atomic mass is 9.84. The summed E-state index contributed by atoms with van der Waals surface area (Å²) in [5, 5.41) is 4.10. The summed E-state index contributed by atoms with van der Waals surface area (Å²) in [6.07, 6.45) is 9.44. The van der Waals surface area contributed by atoms with E-state index in [9.17, 15) is 9.59 Å². The van der Waals surface area contributed by atoms with Gasteiger partial charge in [-0.25, -0.2) is 9.97 Å². The zero-order chi connectivity index (χ0) is 32.1. The van der Waals surface area contributed by atoms with E-state index in [4.69, 9.17) is 14.0 Å². The van der Waals surface area contributed by atoms with Crippen molar-refractivity contribution in [2.75, 3.05) is 49.1 Å². The van der Waals surface area contributed by atoms with Crippen LogP contribution in [0.1, 0.15) is 98.2 Å². The summed E-state index contributed by atoms with van der Waals surface area (Å²) in [5.74, 6) is 2.08. The molecule has 3 fully saturated rings. The highest BCUT2D eigenvalue weighted by Gasteiger charge is 2.41. The predicted octanol–water partition coefficient (Wildman–Crippen LogP) is 4.85. The maximum Gasteiger partial charge on any atom is 0.324 e. The topological polar surface area (TPSA) is 127 Å². The van der Waals surface area contributed by atoms with E-state index in [1.807, 2.05) is 25.7 Å². The van der Waals surface area contributed by atoms with E-state index in [0.29, 0.717) is 50.0 Å². The lowest BCUT2D eigenvalue weighted by Crippen LogP contribution is -2.47. The summed E-state index contributed by atoms with van der Waals surface area (Å²) in [6.45, 7) is 16.5. The van der Waals surface area contributed by atoms with Crippen molar-refractivity contribution in [2.45, 2.75) is 104 Å². The molecule has 3 atom stereocenters. The molecule has 0 bridgehead atoms. The first kappa shape index (κ1) is 32.9. The fourth-order valence-corrected chi connectivity index (χ4v) is 6.76. The summed E-state index contributed by atoms with van der Waals surface area (Å²) in [5.41, 5.74) is 0.323. The van der Waals surface area contributed by atoms with E-state index < -0.39 is 5.60 Å². The minimum atomic E-state index is -0.543. The molecule has 0 radical (unpaired) electrons. The number of hydrogen-bond acceptors (Lipinski definition) is 11. The number of carbonyl (C=O) groups excluding carboxylic acids is 2. The van der Waals surface area contributed by atoms with Gasteiger partial charge >= 0.3 is 18.0 Å². The van der Waals surface area contributed by atoms with Gasteiger partial charge in [0.25, 0.3) is 0 Å². The van der Waals surface area contributed by atoms with E-state index in [2.05, 4.69) is 50.7 Å². The van der Waals surface area contributed by atoms with Gasteiger partial charge in [-0.2, -0.15) is 4.98 Å². The lowest BCUT2D eigenvalue weighted by Gasteiger charge is -2.35. The molecule has 2 aromatic heterocycles. The van der Waals surface area contributed by atoms with Crippen molar-refractivity contribution in [3.05, 3.63) is 18.2 Å². The molecule has 0 spiro atoms. The molecule has 0 aliphatic carbocycles. The van der Waals surface area contributed by atoms with Crippen molar-refractivity contribution in [3.8, 4) is 6.01 Å². The SMILES string of the molecule is CC(C)c1noc(N2CCC([C@H](C)CCOc3ncc(N4C[C@H](CC(=O)OC(C)(C)C)[C@@H](N5CCCCC5=O)C4)cn3)CC2)n1. The Morgan fingerprint density at radius 2 is 1.78 bits per heavy atom. The summed E-state index contributed by atoms with van der Waals surface area (Å²) in [4.78, 5) is 45.5. The van der Waals surface area contributed by atoms with Crippen molar-refractivity contribution < 1.29 is 23.6 Å². The number of likely N-dealkylation sites (tertiary alicyclic amines) is 1. The molecule has 5 rings (SSSR count). The number of aromatic nitrogens is 4. The van der Waals surface area contributed by atoms with E-state index in [1.54, 1.807) is 12.4 Å². The van der Waals surface area contributed by atoms with Crippen LogP contribution in [0, 0.1) is 17.8 Å². The average Bonchev–Trinajstić information content (AvgIpc) is 3.65. The Kier molecular flexibility index (Phi) is 10.5. The number of carbonyl (C=O) groups is 2. The third-order valence-electron chi connectivity index (χ3n) is 9.36. The van der Waals surface area contributed by atoms with Gasteiger partial charge < -0.3 is 28.7 Å². The molecule has 2 aromatic rings. The lowest BCUT2D eigenvalue weighted by molar-refractivity contribution is -0.157. The molecule has 12 heteroatoms. The van der Waals surface area contributed by atoms with Crippen molar-refractivity contribution in [1.29, 1.82) is 0 Å². The number of ether oxygens (including phenoxy) is 2. The molecular weight excluding hydrogens is 574 g/mol. The maximum absolute atomic E-state index is 12.8. The zero-order valence-electron chi connectivity index (χ0n) is 27.9. The number of anilines is 2. The molecule has 1 amide bonds. The summed E-state index contributed by atoms with van der Waals surface area (Å²) >= 11 is 0. The smallest absolute Gasteiger partial charge is 0.324 e. The van der Waals surface area contributed by atoms with Crippen LogP contribution in [0.25, 0.3) is 0 Å². The fraction of sp³-hybridized carbons (Fsp3) is 0.758. The van der Waals surface area contributed by atoms with Gasteiger partial charge in [-0.3, -0.25) is 9.59 Å². The van der Waals surface area contributed by atoms with Gasteiger partial charge in [-0.15, -0.1) is 0 Å². The molecule has 5 heterocycles. The van der Waals surface area contributed by atoms with E-state index >= 15 is 0 Å². The monoisotopic (exact) mass is 625 g/mol. The van der Waals surface area contributed by atoms with Crippen LogP contribution in [0.5, 0.6) is 6.01 Å². The minimum Gasteiger partial charge on any atom is -0.463 e. The van der Waals surface area contributed by atoms with Crippen LogP contribution in [0.3, 0.4) is 0 Å². The van der Waals surface area contributed by atoms with E-state index in [-0.39, 0.29) is 36.2 Å². The van der Waals surface area contributed by atoms with Crippen molar-refractivity contribution in [3.63, 3.8) is 0 Å². The second-order valence-corrected chi connectivity index (χ2v) is 14.3. The first-order chi connectivity index (χ1) is 21.5. The minimum absolute atomic E-state index is 0.0179. The van der Waals surface area contributed by atoms with Crippen LogP contribution in [0.15, 0.2) is 16.9 Å². The Morgan fingerprint density at radius 1 is 1.04 bits per heavy atom. The third-order valence-corrected chi connectivity index (χ3v) is 9.36. The fourth-order valence-electron chi connectivity index (χ4n) is 6.76. The van der Waals surface area contributed by atoms with Crippen LogP contribution >= 0.6 is 0 Å². The van der Waals surface area contributed by atoms with Gasteiger partial charge in [-0.1, -0.05) is 25.9 Å². The van der Waals surface area contributed by atoms with Crippen molar-refractivity contribution >= 4 is 23.6 Å². The van der Waals surface area contributed by atoms with Gasteiger partial charge in [0.2, 0.25) is 5.91 Å². The van der Waals surface area contributed by atoms with Crippen molar-refractivity contribution in [2.24, 2.45) is 17.8 Å². The first-order valence-electron chi connectivity index (χ1n) is 16.8. The Hall–Kier alpha value is -3.44. The van der Waals surface area contributed by atoms with Gasteiger partial charge in [0.05, 0.1) is 37.2 Å². The van der Waals surface area contributed by atoms with Gasteiger partial charge in [0.15, 0.2) is 5.82 Å². The Bertz CT molecular complexity index is 1270. The maximum atomic E-state index is 12.8. The van der Waals surface area contributed by atoms with Gasteiger partial charge in [0, 0.05) is 51.0 Å². The molecule has 3 aliphatic rings. The summed E-state index contributed by atoms with van der Waals surface area (Å²) < 4.78 is 17.1. The molecule has 0 N–H and O–H groups in total. The standard InChI is InChI=1S/C33H51N7O5/c1-22(2)30-36-32(45-37-30)38-14-10-24(11-15-38)23(3)12-16-43-31-34-18-26(19-35-31)39-20-25(17-29(42)44-33(4,5)6)27(21-39)40-13-8-7-9-28(40)41/h18-19,22-25,27H,7-17,20-21H2,1-6H3/t23-,25+,27+/m1/s1. The largest absolute Gasteiger partial charge is 0.463 e. The Labute approximate surface area is 267 Å². The number of amides is 1. The van der Waals surface area contributed by atoms with Crippen LogP contribution in [-0.2, 0) is 14.3 Å². The van der Waals surface area contributed by atoms with Crippen LogP contribution in [0.4, 0.5) is 11.7 Å². The summed E-state index contributed by atoms with van der Waals surface area (Å²) in [6, 6.07) is 0.959. The second-order valence-electron chi connectivity index (χ2n) is 14.3. The molecule has 0 saturated carbocycles. The highest BCUT2D eigenvalue weighted by Crippen LogP contribution is 2.33. The quantitative estimate of drug-likeness (QED) is 0.318. The molecule has 45 heavy (non-hydrogen) atoms. The van der Waals surface area contributed by atoms with Crippen molar-refractivity contribution in [1.82, 2.24) is 25.0 Å². The number of hydrogen-bond donors (Lipinski definition) is 0. The predicted molar refractivity (Wildman–Crippen MR) is 170 cm³/mol. The number of piperidine rings is 2. The Balaban J connectivity index is 1.10. The molecule has 248 valence electrons. The van der Waals surface area contributed by atoms with Crippen LogP contribution in [-0.4, -0.2) is 87.9 Å². The normalized spacial score (nSPS) is 22.3. The van der Waals surface area contributed by atoms with Crippen LogP contribution < -0.4 is 14.5 Å².